The SMILES string of the molecule is CC(C)Oc1ccc(C(=O)Cn2ccnc2)cc1N. The zero-order valence-electron chi connectivity index (χ0n) is 11.0. The maximum absolute atomic E-state index is 12.1. The summed E-state index contributed by atoms with van der Waals surface area (Å²) in [4.78, 5) is 16.0. The van der Waals surface area contributed by atoms with Gasteiger partial charge in [0.2, 0.25) is 0 Å². The predicted molar refractivity (Wildman–Crippen MR) is 73.2 cm³/mol. The zero-order chi connectivity index (χ0) is 13.8. The van der Waals surface area contributed by atoms with Crippen molar-refractivity contribution in [2.75, 3.05) is 5.73 Å². The van der Waals surface area contributed by atoms with Gasteiger partial charge in [0, 0.05) is 18.0 Å². The van der Waals surface area contributed by atoms with E-state index in [4.69, 9.17) is 10.5 Å². The van der Waals surface area contributed by atoms with Gasteiger partial charge in [0.1, 0.15) is 5.75 Å². The number of ketones is 1. The first-order valence-corrected chi connectivity index (χ1v) is 6.11. The fourth-order valence-electron chi connectivity index (χ4n) is 1.72. The summed E-state index contributed by atoms with van der Waals surface area (Å²) in [6.07, 6.45) is 5.05. The predicted octanol–water partition coefficient (Wildman–Crippen LogP) is 2.14. The van der Waals surface area contributed by atoms with Crippen LogP contribution in [-0.2, 0) is 6.54 Å². The first-order chi connectivity index (χ1) is 9.06. The number of hydrogen-bond acceptors (Lipinski definition) is 4. The highest BCUT2D eigenvalue weighted by atomic mass is 16.5. The fourth-order valence-corrected chi connectivity index (χ4v) is 1.72. The summed E-state index contributed by atoms with van der Waals surface area (Å²) in [6, 6.07) is 5.11. The van der Waals surface area contributed by atoms with E-state index in [1.54, 1.807) is 41.5 Å². The van der Waals surface area contributed by atoms with Gasteiger partial charge in [-0.15, -0.1) is 0 Å². The molecule has 0 saturated heterocycles. The second-order valence-electron chi connectivity index (χ2n) is 4.58. The highest BCUT2D eigenvalue weighted by Crippen LogP contribution is 2.24. The normalized spacial score (nSPS) is 10.7. The number of rotatable bonds is 5. The van der Waals surface area contributed by atoms with Gasteiger partial charge in [-0.3, -0.25) is 4.79 Å². The van der Waals surface area contributed by atoms with Crippen molar-refractivity contribution < 1.29 is 9.53 Å². The molecular weight excluding hydrogens is 242 g/mol. The number of Topliss-reactive ketones (excluding diaryl/α,β-unsaturated/α-hetero) is 1. The van der Waals surface area contributed by atoms with E-state index in [9.17, 15) is 4.79 Å². The average molecular weight is 259 g/mol. The van der Waals surface area contributed by atoms with Crippen LogP contribution in [0.5, 0.6) is 5.75 Å². The van der Waals surface area contributed by atoms with Gasteiger partial charge >= 0.3 is 0 Å². The molecule has 19 heavy (non-hydrogen) atoms. The lowest BCUT2D eigenvalue weighted by Crippen LogP contribution is -2.11. The summed E-state index contributed by atoms with van der Waals surface area (Å²) in [5, 5.41) is 0. The smallest absolute Gasteiger partial charge is 0.182 e. The Kier molecular flexibility index (Phi) is 3.85. The van der Waals surface area contributed by atoms with Crippen molar-refractivity contribution >= 4 is 11.5 Å². The van der Waals surface area contributed by atoms with Crippen molar-refractivity contribution in [1.82, 2.24) is 9.55 Å². The van der Waals surface area contributed by atoms with E-state index in [0.29, 0.717) is 17.0 Å². The lowest BCUT2D eigenvalue weighted by molar-refractivity contribution is 0.0972. The van der Waals surface area contributed by atoms with E-state index in [0.717, 1.165) is 0 Å². The molecule has 1 aromatic carbocycles. The number of carbonyl (C=O) groups excluding carboxylic acids is 1. The average Bonchev–Trinajstić information content (AvgIpc) is 2.84. The zero-order valence-corrected chi connectivity index (χ0v) is 11.0. The standard InChI is InChI=1S/C14H17N3O2/c1-10(2)19-14-4-3-11(7-12(14)15)13(18)8-17-6-5-16-9-17/h3-7,9-10H,8,15H2,1-2H3. The molecule has 100 valence electrons. The molecule has 0 bridgehead atoms. The summed E-state index contributed by atoms with van der Waals surface area (Å²) in [6.45, 7) is 4.11. The summed E-state index contributed by atoms with van der Waals surface area (Å²) in [5.41, 5.74) is 6.93. The Balaban J connectivity index is 2.13. The van der Waals surface area contributed by atoms with Crippen molar-refractivity contribution in [1.29, 1.82) is 0 Å². The van der Waals surface area contributed by atoms with Gasteiger partial charge in [-0.05, 0) is 32.0 Å². The quantitative estimate of drug-likeness (QED) is 0.659. The first kappa shape index (κ1) is 13.1. The van der Waals surface area contributed by atoms with Gasteiger partial charge in [0.15, 0.2) is 5.78 Å². The molecule has 0 amide bonds. The van der Waals surface area contributed by atoms with Crippen LogP contribution in [0.15, 0.2) is 36.9 Å². The van der Waals surface area contributed by atoms with Crippen molar-refractivity contribution in [2.45, 2.75) is 26.5 Å². The molecule has 0 spiro atoms. The molecule has 0 atom stereocenters. The molecule has 1 aromatic heterocycles. The lowest BCUT2D eigenvalue weighted by atomic mass is 10.1. The number of aromatic nitrogens is 2. The van der Waals surface area contributed by atoms with Gasteiger partial charge < -0.3 is 15.0 Å². The van der Waals surface area contributed by atoms with Crippen molar-refractivity contribution in [3.05, 3.63) is 42.5 Å². The lowest BCUT2D eigenvalue weighted by Gasteiger charge is -2.12. The van der Waals surface area contributed by atoms with E-state index in [1.807, 2.05) is 13.8 Å². The van der Waals surface area contributed by atoms with E-state index in [1.165, 1.54) is 0 Å². The van der Waals surface area contributed by atoms with Crippen LogP contribution in [-0.4, -0.2) is 21.4 Å². The summed E-state index contributed by atoms with van der Waals surface area (Å²) in [5.74, 6) is 0.593. The van der Waals surface area contributed by atoms with Crippen LogP contribution >= 0.6 is 0 Å². The Hall–Kier alpha value is -2.30. The van der Waals surface area contributed by atoms with Crippen LogP contribution < -0.4 is 10.5 Å². The minimum atomic E-state index is -0.0132. The second kappa shape index (κ2) is 5.56. The number of nitrogens with two attached hydrogens (primary N) is 1. The Morgan fingerprint density at radius 3 is 2.84 bits per heavy atom. The Morgan fingerprint density at radius 2 is 2.26 bits per heavy atom. The third-order valence-electron chi connectivity index (χ3n) is 2.58. The van der Waals surface area contributed by atoms with Crippen molar-refractivity contribution in [2.24, 2.45) is 0 Å². The van der Waals surface area contributed by atoms with Crippen LogP contribution in [0.4, 0.5) is 5.69 Å². The van der Waals surface area contributed by atoms with Crippen LogP contribution in [0.3, 0.4) is 0 Å². The highest BCUT2D eigenvalue weighted by molar-refractivity contribution is 5.97. The van der Waals surface area contributed by atoms with Crippen LogP contribution in [0.2, 0.25) is 0 Å². The summed E-state index contributed by atoms with van der Waals surface area (Å²) in [7, 11) is 0. The topological polar surface area (TPSA) is 70.1 Å². The molecule has 0 aliphatic heterocycles. The third-order valence-corrected chi connectivity index (χ3v) is 2.58. The molecule has 0 saturated carbocycles. The Morgan fingerprint density at radius 1 is 1.47 bits per heavy atom. The first-order valence-electron chi connectivity index (χ1n) is 6.11. The molecule has 5 heteroatoms. The number of carbonyl (C=O) groups is 1. The van der Waals surface area contributed by atoms with Crippen molar-refractivity contribution in [3.8, 4) is 5.75 Å². The van der Waals surface area contributed by atoms with Gasteiger partial charge in [0.25, 0.3) is 0 Å². The van der Waals surface area contributed by atoms with E-state index in [-0.39, 0.29) is 18.4 Å². The molecule has 0 unspecified atom stereocenters. The molecule has 2 aromatic rings. The number of ether oxygens (including phenoxy) is 1. The second-order valence-corrected chi connectivity index (χ2v) is 4.58. The van der Waals surface area contributed by atoms with Crippen LogP contribution in [0, 0.1) is 0 Å². The van der Waals surface area contributed by atoms with Gasteiger partial charge in [-0.2, -0.15) is 0 Å². The van der Waals surface area contributed by atoms with Crippen molar-refractivity contribution in [3.63, 3.8) is 0 Å². The molecule has 1 heterocycles. The van der Waals surface area contributed by atoms with E-state index in [2.05, 4.69) is 4.98 Å². The maximum Gasteiger partial charge on any atom is 0.182 e. The van der Waals surface area contributed by atoms with Crippen LogP contribution in [0.25, 0.3) is 0 Å². The minimum absolute atomic E-state index is 0.0132. The number of hydrogen-bond donors (Lipinski definition) is 1. The molecule has 2 rings (SSSR count). The maximum atomic E-state index is 12.1. The van der Waals surface area contributed by atoms with E-state index < -0.39 is 0 Å². The molecule has 0 aliphatic rings. The van der Waals surface area contributed by atoms with Crippen LogP contribution in [0.1, 0.15) is 24.2 Å². The third kappa shape index (κ3) is 3.34. The van der Waals surface area contributed by atoms with E-state index >= 15 is 0 Å². The monoisotopic (exact) mass is 259 g/mol. The molecule has 2 N–H and O–H groups in total. The molecule has 0 aliphatic carbocycles. The van der Waals surface area contributed by atoms with Gasteiger partial charge in [0.05, 0.1) is 24.7 Å². The fraction of sp³-hybridized carbons (Fsp3) is 0.286. The molecule has 0 fully saturated rings. The number of imidazole rings is 1. The van der Waals surface area contributed by atoms with Gasteiger partial charge in [-0.25, -0.2) is 4.98 Å². The number of nitrogen functional groups attached to an aromatic ring is 1. The van der Waals surface area contributed by atoms with Gasteiger partial charge in [-0.1, -0.05) is 0 Å². The highest BCUT2D eigenvalue weighted by Gasteiger charge is 2.10. The Labute approximate surface area is 112 Å². The number of nitrogens with zero attached hydrogens (tertiary/aromatic N) is 2. The number of benzene rings is 1. The number of anilines is 1. The molecular formula is C14H17N3O2. The summed E-state index contributed by atoms with van der Waals surface area (Å²) < 4.78 is 7.25. The largest absolute Gasteiger partial charge is 0.489 e. The minimum Gasteiger partial charge on any atom is -0.489 e. The Bertz CT molecular complexity index is 562. The summed E-state index contributed by atoms with van der Waals surface area (Å²) >= 11 is 0. The molecule has 0 radical (unpaired) electrons. The molecule has 5 nitrogen and oxygen atoms in total.